The highest BCUT2D eigenvalue weighted by molar-refractivity contribution is 5.63. The van der Waals surface area contributed by atoms with Crippen LogP contribution in [-0.2, 0) is 4.79 Å². The van der Waals surface area contributed by atoms with E-state index in [4.69, 9.17) is 0 Å². The quantitative estimate of drug-likeness (QED) is 0.529. The molecule has 0 saturated heterocycles. The Kier molecular flexibility index (Phi) is 1.60. The SMILES string of the molecule is CCC(C)C1(C=O)CC1. The van der Waals surface area contributed by atoms with Gasteiger partial charge in [0.2, 0.25) is 0 Å². The molecular weight excluding hydrogens is 112 g/mol. The van der Waals surface area contributed by atoms with E-state index in [2.05, 4.69) is 13.8 Å². The van der Waals surface area contributed by atoms with Gasteiger partial charge in [0.25, 0.3) is 0 Å². The first-order chi connectivity index (χ1) is 4.25. The molecule has 1 heteroatoms. The molecule has 0 amide bonds. The van der Waals surface area contributed by atoms with Gasteiger partial charge in [-0.3, -0.25) is 0 Å². The van der Waals surface area contributed by atoms with Crippen LogP contribution in [-0.4, -0.2) is 6.29 Å². The van der Waals surface area contributed by atoms with E-state index in [-0.39, 0.29) is 5.41 Å². The Bertz CT molecular complexity index is 114. The minimum Gasteiger partial charge on any atom is -0.303 e. The zero-order valence-corrected chi connectivity index (χ0v) is 6.18. The van der Waals surface area contributed by atoms with Crippen molar-refractivity contribution in [3.05, 3.63) is 0 Å². The average Bonchev–Trinajstić information content (AvgIpc) is 2.66. The Morgan fingerprint density at radius 1 is 1.67 bits per heavy atom. The van der Waals surface area contributed by atoms with Gasteiger partial charge in [0.1, 0.15) is 6.29 Å². The number of carbonyl (C=O) groups is 1. The summed E-state index contributed by atoms with van der Waals surface area (Å²) in [6, 6.07) is 0. The van der Waals surface area contributed by atoms with Crippen LogP contribution in [0, 0.1) is 11.3 Å². The topological polar surface area (TPSA) is 17.1 Å². The van der Waals surface area contributed by atoms with Gasteiger partial charge in [-0.25, -0.2) is 0 Å². The van der Waals surface area contributed by atoms with Crippen molar-refractivity contribution in [2.24, 2.45) is 11.3 Å². The first-order valence-electron chi connectivity index (χ1n) is 3.71. The molecule has 0 N–H and O–H groups in total. The van der Waals surface area contributed by atoms with E-state index in [1.165, 1.54) is 0 Å². The minimum atomic E-state index is 0.120. The van der Waals surface area contributed by atoms with Crippen LogP contribution in [0.4, 0.5) is 0 Å². The van der Waals surface area contributed by atoms with Crippen LogP contribution in [0.25, 0.3) is 0 Å². The number of aldehydes is 1. The second-order valence-electron chi connectivity index (χ2n) is 3.16. The Morgan fingerprint density at radius 2 is 2.22 bits per heavy atom. The highest BCUT2D eigenvalue weighted by Gasteiger charge is 2.46. The molecule has 0 aromatic rings. The number of carbonyl (C=O) groups excluding carboxylic acids is 1. The molecule has 1 saturated carbocycles. The molecule has 0 radical (unpaired) electrons. The lowest BCUT2D eigenvalue weighted by Crippen LogP contribution is -2.12. The Hall–Kier alpha value is -0.330. The number of hydrogen-bond donors (Lipinski definition) is 0. The minimum absolute atomic E-state index is 0.120. The van der Waals surface area contributed by atoms with Gasteiger partial charge in [0.05, 0.1) is 0 Å². The van der Waals surface area contributed by atoms with E-state index in [1.54, 1.807) is 0 Å². The van der Waals surface area contributed by atoms with E-state index in [0.717, 1.165) is 25.5 Å². The molecule has 1 rings (SSSR count). The zero-order chi connectivity index (χ0) is 6.91. The molecule has 1 fully saturated rings. The third kappa shape index (κ3) is 1.00. The molecule has 1 nitrogen and oxygen atoms in total. The lowest BCUT2D eigenvalue weighted by molar-refractivity contribution is -0.113. The van der Waals surface area contributed by atoms with Gasteiger partial charge < -0.3 is 4.79 Å². The van der Waals surface area contributed by atoms with Crippen LogP contribution < -0.4 is 0 Å². The first kappa shape index (κ1) is 6.79. The van der Waals surface area contributed by atoms with Crippen molar-refractivity contribution in [3.8, 4) is 0 Å². The van der Waals surface area contributed by atoms with Crippen molar-refractivity contribution >= 4 is 6.29 Å². The molecule has 0 spiro atoms. The second kappa shape index (κ2) is 2.13. The van der Waals surface area contributed by atoms with Crippen LogP contribution >= 0.6 is 0 Å². The Morgan fingerprint density at radius 3 is 2.33 bits per heavy atom. The van der Waals surface area contributed by atoms with E-state index in [0.29, 0.717) is 5.92 Å². The summed E-state index contributed by atoms with van der Waals surface area (Å²) in [5, 5.41) is 0. The Labute approximate surface area is 56.4 Å². The van der Waals surface area contributed by atoms with Gasteiger partial charge in [-0.15, -0.1) is 0 Å². The molecule has 1 unspecified atom stereocenters. The van der Waals surface area contributed by atoms with E-state index < -0.39 is 0 Å². The molecular formula is C8H14O. The monoisotopic (exact) mass is 126 g/mol. The van der Waals surface area contributed by atoms with Crippen molar-refractivity contribution in [3.63, 3.8) is 0 Å². The lowest BCUT2D eigenvalue weighted by atomic mass is 9.90. The van der Waals surface area contributed by atoms with Crippen LogP contribution in [0.15, 0.2) is 0 Å². The van der Waals surface area contributed by atoms with Gasteiger partial charge >= 0.3 is 0 Å². The molecule has 9 heavy (non-hydrogen) atoms. The summed E-state index contributed by atoms with van der Waals surface area (Å²) in [5.74, 6) is 0.606. The van der Waals surface area contributed by atoms with Crippen molar-refractivity contribution in [1.82, 2.24) is 0 Å². The van der Waals surface area contributed by atoms with Crippen LogP contribution in [0.2, 0.25) is 0 Å². The summed E-state index contributed by atoms with van der Waals surface area (Å²) in [6.07, 6.45) is 4.55. The van der Waals surface area contributed by atoms with Crippen LogP contribution in [0.1, 0.15) is 33.1 Å². The van der Waals surface area contributed by atoms with Crippen LogP contribution in [0.3, 0.4) is 0 Å². The van der Waals surface area contributed by atoms with Crippen molar-refractivity contribution in [2.75, 3.05) is 0 Å². The molecule has 0 aliphatic heterocycles. The van der Waals surface area contributed by atoms with Gasteiger partial charge in [-0.05, 0) is 18.8 Å². The summed E-state index contributed by atoms with van der Waals surface area (Å²) in [4.78, 5) is 10.5. The predicted molar refractivity (Wildman–Crippen MR) is 37.2 cm³/mol. The maximum Gasteiger partial charge on any atom is 0.126 e. The molecule has 0 aromatic heterocycles. The third-order valence-corrected chi connectivity index (χ3v) is 2.66. The van der Waals surface area contributed by atoms with E-state index in [9.17, 15) is 4.79 Å². The average molecular weight is 126 g/mol. The van der Waals surface area contributed by atoms with Gasteiger partial charge in [0, 0.05) is 5.41 Å². The number of rotatable bonds is 3. The third-order valence-electron chi connectivity index (χ3n) is 2.66. The van der Waals surface area contributed by atoms with Gasteiger partial charge in [-0.1, -0.05) is 20.3 Å². The molecule has 52 valence electrons. The van der Waals surface area contributed by atoms with Crippen molar-refractivity contribution < 1.29 is 4.79 Å². The van der Waals surface area contributed by atoms with Gasteiger partial charge in [-0.2, -0.15) is 0 Å². The summed E-state index contributed by atoms with van der Waals surface area (Å²) < 4.78 is 0. The molecule has 0 bridgehead atoms. The fourth-order valence-electron chi connectivity index (χ4n) is 1.28. The highest BCUT2D eigenvalue weighted by atomic mass is 16.1. The van der Waals surface area contributed by atoms with Crippen molar-refractivity contribution in [2.45, 2.75) is 33.1 Å². The fourth-order valence-corrected chi connectivity index (χ4v) is 1.28. The normalized spacial score (nSPS) is 25.1. The van der Waals surface area contributed by atoms with E-state index >= 15 is 0 Å². The molecule has 1 aliphatic carbocycles. The number of hydrogen-bond acceptors (Lipinski definition) is 1. The maximum absolute atomic E-state index is 10.5. The second-order valence-corrected chi connectivity index (χ2v) is 3.16. The fraction of sp³-hybridized carbons (Fsp3) is 0.875. The first-order valence-corrected chi connectivity index (χ1v) is 3.71. The molecule has 0 aromatic carbocycles. The standard InChI is InChI=1S/C8H14O/c1-3-7(2)8(6-9)4-5-8/h6-7H,3-5H2,1-2H3. The summed E-state index contributed by atoms with van der Waals surface area (Å²) >= 11 is 0. The lowest BCUT2D eigenvalue weighted by Gasteiger charge is -2.13. The summed E-state index contributed by atoms with van der Waals surface area (Å²) in [7, 11) is 0. The maximum atomic E-state index is 10.5. The van der Waals surface area contributed by atoms with Crippen molar-refractivity contribution in [1.29, 1.82) is 0 Å². The molecule has 1 atom stereocenters. The highest BCUT2D eigenvalue weighted by Crippen LogP contribution is 2.50. The predicted octanol–water partition coefficient (Wildman–Crippen LogP) is 2.01. The molecule has 1 aliphatic rings. The summed E-state index contributed by atoms with van der Waals surface area (Å²) in [5.41, 5.74) is 0.120. The zero-order valence-electron chi connectivity index (χ0n) is 6.18. The van der Waals surface area contributed by atoms with Gasteiger partial charge in [0.15, 0.2) is 0 Å². The Balaban J connectivity index is 2.48. The largest absolute Gasteiger partial charge is 0.303 e. The van der Waals surface area contributed by atoms with E-state index in [1.807, 2.05) is 0 Å². The smallest absolute Gasteiger partial charge is 0.126 e. The molecule has 0 heterocycles. The van der Waals surface area contributed by atoms with Crippen LogP contribution in [0.5, 0.6) is 0 Å². The summed E-state index contributed by atoms with van der Waals surface area (Å²) in [6.45, 7) is 4.32.